The molecule has 1 aliphatic heterocycles. The fourth-order valence-electron chi connectivity index (χ4n) is 1.61. The second-order valence-electron chi connectivity index (χ2n) is 3.53. The molecule has 1 aromatic carbocycles. The zero-order valence-corrected chi connectivity index (χ0v) is 7.72. The van der Waals surface area contributed by atoms with Crippen molar-refractivity contribution in [3.8, 4) is 0 Å². The molecule has 0 unspecified atom stereocenters. The Bertz CT molecular complexity index is 260. The number of nitrogens with one attached hydrogen (secondary N) is 2. The van der Waals surface area contributed by atoms with Crippen molar-refractivity contribution in [2.45, 2.75) is 12.5 Å². The van der Waals surface area contributed by atoms with Gasteiger partial charge in [-0.25, -0.2) is 0 Å². The van der Waals surface area contributed by atoms with Gasteiger partial charge in [0.1, 0.15) is 0 Å². The highest BCUT2D eigenvalue weighted by molar-refractivity contribution is 5.46. The molecule has 2 heteroatoms. The summed E-state index contributed by atoms with van der Waals surface area (Å²) in [7, 11) is 0. The maximum absolute atomic E-state index is 3.85. The largest absolute Gasteiger partial charge is 0.381 e. The van der Waals surface area contributed by atoms with Gasteiger partial charge in [-0.2, -0.15) is 0 Å². The Morgan fingerprint density at radius 2 is 2.08 bits per heavy atom. The van der Waals surface area contributed by atoms with Crippen LogP contribution in [0.25, 0.3) is 0 Å². The molecule has 0 spiro atoms. The predicted molar refractivity (Wildman–Crippen MR) is 55.8 cm³/mol. The topological polar surface area (TPSA) is 24.1 Å². The molecule has 2 nitrogen and oxygen atoms in total. The van der Waals surface area contributed by atoms with Crippen LogP contribution in [0.15, 0.2) is 24.3 Å². The molecule has 69 valence electrons. The van der Waals surface area contributed by atoms with Crippen LogP contribution in [0.4, 0.5) is 5.69 Å². The first kappa shape index (κ1) is 8.57. The van der Waals surface area contributed by atoms with Crippen molar-refractivity contribution in [3.05, 3.63) is 36.8 Å². The van der Waals surface area contributed by atoms with Gasteiger partial charge in [0.25, 0.3) is 0 Å². The highest BCUT2D eigenvalue weighted by Crippen LogP contribution is 2.12. The lowest BCUT2D eigenvalue weighted by Crippen LogP contribution is -2.21. The SMILES string of the molecule is [CH2]c1ccc(N[C@@H]2CCNC2)cc1. The third kappa shape index (κ3) is 2.22. The number of anilines is 1. The van der Waals surface area contributed by atoms with Crippen molar-refractivity contribution >= 4 is 5.69 Å². The summed E-state index contributed by atoms with van der Waals surface area (Å²) in [5.41, 5.74) is 2.26. The summed E-state index contributed by atoms with van der Waals surface area (Å²) in [5, 5.41) is 6.81. The Hall–Kier alpha value is -1.02. The smallest absolute Gasteiger partial charge is 0.0398 e. The van der Waals surface area contributed by atoms with E-state index < -0.39 is 0 Å². The fraction of sp³-hybridized carbons (Fsp3) is 0.364. The summed E-state index contributed by atoms with van der Waals surface area (Å²) in [6, 6.07) is 8.83. The van der Waals surface area contributed by atoms with Crippen LogP contribution in [0.1, 0.15) is 12.0 Å². The summed E-state index contributed by atoms with van der Waals surface area (Å²) < 4.78 is 0. The van der Waals surface area contributed by atoms with Crippen molar-refractivity contribution in [1.29, 1.82) is 0 Å². The molecular formula is C11H15N2. The van der Waals surface area contributed by atoms with Crippen molar-refractivity contribution in [1.82, 2.24) is 5.32 Å². The molecule has 1 radical (unpaired) electrons. The molecule has 13 heavy (non-hydrogen) atoms. The standard InChI is InChI=1S/C11H15N2/c1-9-2-4-10(5-3-9)13-11-6-7-12-8-11/h2-5,11-13H,1,6-8H2/t11-/m1/s1. The maximum Gasteiger partial charge on any atom is 0.0398 e. The minimum absolute atomic E-state index is 0.593. The van der Waals surface area contributed by atoms with Crippen LogP contribution < -0.4 is 10.6 Å². The van der Waals surface area contributed by atoms with Gasteiger partial charge in [0.05, 0.1) is 0 Å². The lowest BCUT2D eigenvalue weighted by molar-refractivity contribution is 0.793. The first-order valence-corrected chi connectivity index (χ1v) is 4.74. The van der Waals surface area contributed by atoms with Crippen LogP contribution in [-0.4, -0.2) is 19.1 Å². The van der Waals surface area contributed by atoms with E-state index in [9.17, 15) is 0 Å². The highest BCUT2D eigenvalue weighted by atomic mass is 15.0. The van der Waals surface area contributed by atoms with Crippen LogP contribution in [0.3, 0.4) is 0 Å². The monoisotopic (exact) mass is 175 g/mol. The third-order valence-corrected chi connectivity index (χ3v) is 2.39. The second-order valence-corrected chi connectivity index (χ2v) is 3.53. The van der Waals surface area contributed by atoms with Gasteiger partial charge in [0.2, 0.25) is 0 Å². The Morgan fingerprint density at radius 3 is 2.69 bits per heavy atom. The van der Waals surface area contributed by atoms with E-state index in [0.717, 1.165) is 18.7 Å². The highest BCUT2D eigenvalue weighted by Gasteiger charge is 2.12. The van der Waals surface area contributed by atoms with E-state index in [2.05, 4.69) is 29.7 Å². The van der Waals surface area contributed by atoms with E-state index in [1.807, 2.05) is 12.1 Å². The van der Waals surface area contributed by atoms with Crippen molar-refractivity contribution in [3.63, 3.8) is 0 Å². The van der Waals surface area contributed by atoms with E-state index >= 15 is 0 Å². The van der Waals surface area contributed by atoms with E-state index in [4.69, 9.17) is 0 Å². The summed E-state index contributed by atoms with van der Waals surface area (Å²) in [5.74, 6) is 0. The molecule has 1 aliphatic rings. The Labute approximate surface area is 79.4 Å². The third-order valence-electron chi connectivity index (χ3n) is 2.39. The molecular weight excluding hydrogens is 160 g/mol. The van der Waals surface area contributed by atoms with Crippen LogP contribution in [0, 0.1) is 6.92 Å². The number of benzene rings is 1. The lowest BCUT2D eigenvalue weighted by atomic mass is 10.2. The van der Waals surface area contributed by atoms with Gasteiger partial charge in [-0.15, -0.1) is 0 Å². The van der Waals surface area contributed by atoms with E-state index in [1.54, 1.807) is 0 Å². The predicted octanol–water partition coefficient (Wildman–Crippen LogP) is 1.64. The zero-order valence-electron chi connectivity index (χ0n) is 7.72. The van der Waals surface area contributed by atoms with Gasteiger partial charge in [-0.1, -0.05) is 12.1 Å². The number of hydrogen-bond donors (Lipinski definition) is 2. The summed E-state index contributed by atoms with van der Waals surface area (Å²) in [4.78, 5) is 0. The molecule has 0 amide bonds. The zero-order chi connectivity index (χ0) is 9.10. The normalized spacial score (nSPS) is 21.8. The van der Waals surface area contributed by atoms with Crippen LogP contribution in [0.2, 0.25) is 0 Å². The molecule has 0 aliphatic carbocycles. The Kier molecular flexibility index (Phi) is 2.50. The first-order chi connectivity index (χ1) is 6.34. The maximum atomic E-state index is 3.85. The minimum Gasteiger partial charge on any atom is -0.381 e. The summed E-state index contributed by atoms with van der Waals surface area (Å²) in [6.45, 7) is 6.06. The van der Waals surface area contributed by atoms with E-state index in [1.165, 1.54) is 12.1 Å². The Balaban J connectivity index is 1.97. The molecule has 0 saturated carbocycles. The molecule has 2 N–H and O–H groups in total. The Morgan fingerprint density at radius 1 is 1.31 bits per heavy atom. The first-order valence-electron chi connectivity index (χ1n) is 4.74. The van der Waals surface area contributed by atoms with Gasteiger partial charge < -0.3 is 10.6 Å². The molecule has 2 rings (SSSR count). The van der Waals surface area contributed by atoms with Crippen LogP contribution >= 0.6 is 0 Å². The average Bonchev–Trinajstić information content (AvgIpc) is 2.62. The van der Waals surface area contributed by atoms with E-state index in [-0.39, 0.29) is 0 Å². The lowest BCUT2D eigenvalue weighted by Gasteiger charge is -2.12. The quantitative estimate of drug-likeness (QED) is 0.714. The average molecular weight is 175 g/mol. The minimum atomic E-state index is 0.593. The van der Waals surface area contributed by atoms with E-state index in [0.29, 0.717) is 6.04 Å². The number of rotatable bonds is 2. The van der Waals surface area contributed by atoms with Crippen molar-refractivity contribution < 1.29 is 0 Å². The summed E-state index contributed by atoms with van der Waals surface area (Å²) >= 11 is 0. The van der Waals surface area contributed by atoms with Gasteiger partial charge in [-0.05, 0) is 37.6 Å². The van der Waals surface area contributed by atoms with Gasteiger partial charge in [0.15, 0.2) is 0 Å². The van der Waals surface area contributed by atoms with Crippen LogP contribution in [0.5, 0.6) is 0 Å². The molecule has 1 atom stereocenters. The molecule has 1 fully saturated rings. The van der Waals surface area contributed by atoms with Gasteiger partial charge >= 0.3 is 0 Å². The second kappa shape index (κ2) is 3.79. The molecule has 1 saturated heterocycles. The molecule has 0 aromatic heterocycles. The van der Waals surface area contributed by atoms with Gasteiger partial charge in [-0.3, -0.25) is 0 Å². The van der Waals surface area contributed by atoms with Crippen molar-refractivity contribution in [2.24, 2.45) is 0 Å². The fourth-order valence-corrected chi connectivity index (χ4v) is 1.61. The molecule has 1 heterocycles. The van der Waals surface area contributed by atoms with Crippen LogP contribution in [-0.2, 0) is 0 Å². The number of hydrogen-bond acceptors (Lipinski definition) is 2. The molecule has 0 bridgehead atoms. The summed E-state index contributed by atoms with van der Waals surface area (Å²) in [6.07, 6.45) is 1.21. The molecule has 1 aromatic rings. The van der Waals surface area contributed by atoms with Gasteiger partial charge in [0, 0.05) is 18.3 Å². The van der Waals surface area contributed by atoms with Crippen molar-refractivity contribution in [2.75, 3.05) is 18.4 Å².